The Morgan fingerprint density at radius 2 is 2.10 bits per heavy atom. The monoisotopic (exact) mass is 300 g/mol. The molecule has 1 aliphatic rings. The highest BCUT2D eigenvalue weighted by Crippen LogP contribution is 2.29. The number of amides is 1. The van der Waals surface area contributed by atoms with Crippen LogP contribution in [0, 0.1) is 0 Å². The van der Waals surface area contributed by atoms with Crippen LogP contribution in [0.1, 0.15) is 33.1 Å². The number of likely N-dealkylation sites (N-methyl/N-ethyl adjacent to an activating group) is 1. The summed E-state index contributed by atoms with van der Waals surface area (Å²) in [6, 6.07) is 1.90. The summed E-state index contributed by atoms with van der Waals surface area (Å²) in [4.78, 5) is 14.9. The van der Waals surface area contributed by atoms with Gasteiger partial charge in [0.15, 0.2) is 0 Å². The Kier molecular flexibility index (Phi) is 6.49. The fourth-order valence-electron chi connectivity index (χ4n) is 2.87. The number of hydrogen-bond donors (Lipinski definition) is 1. The Morgan fingerprint density at radius 1 is 1.40 bits per heavy atom. The molecule has 0 spiro atoms. The maximum absolute atomic E-state index is 13.0. The van der Waals surface area contributed by atoms with Crippen molar-refractivity contribution in [1.29, 1.82) is 0 Å². The molecular weight excluding hydrogens is 276 g/mol. The standard InChI is InChI=1S/C14H24N4O.ClH/c1-3-11-17(4-2)13(19)14(6-9-15-10-7-14)18-12-5-8-16-18;/h5,8,12,15H,3-4,6-7,9-11H2,1-2H3;1H. The van der Waals surface area contributed by atoms with E-state index in [2.05, 4.69) is 17.3 Å². The van der Waals surface area contributed by atoms with Gasteiger partial charge in [0.2, 0.25) is 0 Å². The van der Waals surface area contributed by atoms with Crippen molar-refractivity contribution in [2.75, 3.05) is 26.2 Å². The van der Waals surface area contributed by atoms with E-state index in [-0.39, 0.29) is 18.3 Å². The van der Waals surface area contributed by atoms with Crippen molar-refractivity contribution in [3.05, 3.63) is 18.5 Å². The smallest absolute Gasteiger partial charge is 0.250 e. The van der Waals surface area contributed by atoms with Crippen LogP contribution in [0.4, 0.5) is 0 Å². The molecule has 1 aliphatic heterocycles. The molecule has 1 saturated heterocycles. The van der Waals surface area contributed by atoms with Crippen LogP contribution in [0.15, 0.2) is 18.5 Å². The molecule has 2 rings (SSSR count). The lowest BCUT2D eigenvalue weighted by Gasteiger charge is -2.40. The van der Waals surface area contributed by atoms with Gasteiger partial charge in [-0.25, -0.2) is 0 Å². The summed E-state index contributed by atoms with van der Waals surface area (Å²) in [5.41, 5.74) is -0.486. The van der Waals surface area contributed by atoms with Crippen molar-refractivity contribution in [3.8, 4) is 0 Å². The summed E-state index contributed by atoms with van der Waals surface area (Å²) < 4.78 is 1.87. The normalized spacial score (nSPS) is 17.3. The molecule has 5 nitrogen and oxygen atoms in total. The zero-order valence-corrected chi connectivity index (χ0v) is 13.2. The molecule has 1 N–H and O–H groups in total. The van der Waals surface area contributed by atoms with Crippen LogP contribution in [0.5, 0.6) is 0 Å². The molecule has 1 fully saturated rings. The van der Waals surface area contributed by atoms with Crippen LogP contribution in [-0.2, 0) is 10.3 Å². The topological polar surface area (TPSA) is 50.2 Å². The maximum Gasteiger partial charge on any atom is 0.250 e. The number of rotatable bonds is 5. The van der Waals surface area contributed by atoms with Crippen molar-refractivity contribution in [3.63, 3.8) is 0 Å². The summed E-state index contributed by atoms with van der Waals surface area (Å²) in [6.45, 7) is 7.49. The number of nitrogens with zero attached hydrogens (tertiary/aromatic N) is 3. The summed E-state index contributed by atoms with van der Waals surface area (Å²) in [7, 11) is 0. The highest BCUT2D eigenvalue weighted by atomic mass is 35.5. The molecular formula is C14H25ClN4O. The molecule has 0 saturated carbocycles. The summed E-state index contributed by atoms with van der Waals surface area (Å²) in [5, 5.41) is 7.68. The van der Waals surface area contributed by atoms with Gasteiger partial charge in [-0.15, -0.1) is 12.4 Å². The maximum atomic E-state index is 13.0. The fraction of sp³-hybridized carbons (Fsp3) is 0.714. The number of carbonyl (C=O) groups is 1. The summed E-state index contributed by atoms with van der Waals surface area (Å²) in [5.74, 6) is 0.224. The van der Waals surface area contributed by atoms with Gasteiger partial charge in [0, 0.05) is 25.5 Å². The number of halogens is 1. The second-order valence-corrected chi connectivity index (χ2v) is 5.12. The molecule has 0 aromatic carbocycles. The molecule has 2 heterocycles. The largest absolute Gasteiger partial charge is 0.341 e. The Balaban J connectivity index is 0.00000200. The van der Waals surface area contributed by atoms with Crippen LogP contribution < -0.4 is 5.32 Å². The summed E-state index contributed by atoms with van der Waals surface area (Å²) in [6.07, 6.45) is 6.30. The van der Waals surface area contributed by atoms with E-state index in [0.717, 1.165) is 45.4 Å². The third kappa shape index (κ3) is 3.15. The molecule has 1 amide bonds. The fourth-order valence-corrected chi connectivity index (χ4v) is 2.87. The molecule has 20 heavy (non-hydrogen) atoms. The first-order valence-electron chi connectivity index (χ1n) is 7.25. The van der Waals surface area contributed by atoms with Gasteiger partial charge < -0.3 is 10.2 Å². The van der Waals surface area contributed by atoms with Gasteiger partial charge in [-0.3, -0.25) is 9.48 Å². The molecule has 0 radical (unpaired) electrons. The number of hydrogen-bond acceptors (Lipinski definition) is 3. The zero-order valence-electron chi connectivity index (χ0n) is 12.3. The minimum absolute atomic E-state index is 0. The van der Waals surface area contributed by atoms with Crippen LogP contribution in [-0.4, -0.2) is 46.8 Å². The van der Waals surface area contributed by atoms with E-state index in [1.807, 2.05) is 28.8 Å². The predicted molar refractivity (Wildman–Crippen MR) is 82.1 cm³/mol. The predicted octanol–water partition coefficient (Wildman–Crippen LogP) is 1.64. The van der Waals surface area contributed by atoms with Crippen LogP contribution in [0.3, 0.4) is 0 Å². The van der Waals surface area contributed by atoms with E-state index in [1.54, 1.807) is 6.20 Å². The number of carbonyl (C=O) groups excluding carboxylic acids is 1. The number of piperidine rings is 1. The lowest BCUT2D eigenvalue weighted by atomic mass is 9.86. The van der Waals surface area contributed by atoms with E-state index >= 15 is 0 Å². The van der Waals surface area contributed by atoms with E-state index in [4.69, 9.17) is 0 Å². The first-order valence-corrected chi connectivity index (χ1v) is 7.25. The molecule has 1 aromatic rings. The Labute approximate surface area is 127 Å². The molecule has 0 bridgehead atoms. The number of aromatic nitrogens is 2. The highest BCUT2D eigenvalue weighted by Gasteiger charge is 2.43. The van der Waals surface area contributed by atoms with Crippen LogP contribution >= 0.6 is 12.4 Å². The second-order valence-electron chi connectivity index (χ2n) is 5.12. The van der Waals surface area contributed by atoms with E-state index in [9.17, 15) is 4.79 Å². The van der Waals surface area contributed by atoms with Crippen molar-refractivity contribution < 1.29 is 4.79 Å². The third-order valence-corrected chi connectivity index (χ3v) is 3.93. The Hall–Kier alpha value is -1.07. The van der Waals surface area contributed by atoms with Gasteiger partial charge in [0.05, 0.1) is 0 Å². The molecule has 1 aromatic heterocycles. The van der Waals surface area contributed by atoms with Gasteiger partial charge in [-0.2, -0.15) is 5.10 Å². The first-order chi connectivity index (χ1) is 9.24. The van der Waals surface area contributed by atoms with Gasteiger partial charge >= 0.3 is 0 Å². The molecule has 0 atom stereocenters. The Bertz CT molecular complexity index is 401. The van der Waals surface area contributed by atoms with Gasteiger partial charge in [0.1, 0.15) is 5.54 Å². The van der Waals surface area contributed by atoms with E-state index < -0.39 is 5.54 Å². The Morgan fingerprint density at radius 3 is 2.60 bits per heavy atom. The minimum Gasteiger partial charge on any atom is -0.341 e. The molecule has 0 unspecified atom stereocenters. The third-order valence-electron chi connectivity index (χ3n) is 3.93. The van der Waals surface area contributed by atoms with Gasteiger partial charge in [-0.1, -0.05) is 6.92 Å². The zero-order chi connectivity index (χ0) is 13.7. The van der Waals surface area contributed by atoms with Gasteiger partial charge in [-0.05, 0) is 45.3 Å². The molecule has 0 aliphatic carbocycles. The van der Waals surface area contributed by atoms with Crippen molar-refractivity contribution in [2.45, 2.75) is 38.6 Å². The minimum atomic E-state index is -0.486. The van der Waals surface area contributed by atoms with Crippen molar-refractivity contribution in [1.82, 2.24) is 20.0 Å². The SMILES string of the molecule is CCCN(CC)C(=O)C1(n2cccn2)CCNCC1.Cl. The van der Waals surface area contributed by atoms with Gasteiger partial charge in [0.25, 0.3) is 5.91 Å². The lowest BCUT2D eigenvalue weighted by molar-refractivity contribution is -0.143. The number of nitrogens with one attached hydrogen (secondary N) is 1. The average molecular weight is 301 g/mol. The highest BCUT2D eigenvalue weighted by molar-refractivity contribution is 5.85. The van der Waals surface area contributed by atoms with Crippen molar-refractivity contribution in [2.24, 2.45) is 0 Å². The van der Waals surface area contributed by atoms with E-state index in [0.29, 0.717) is 0 Å². The average Bonchev–Trinajstić information content (AvgIpc) is 2.99. The quantitative estimate of drug-likeness (QED) is 0.899. The molecule has 6 heteroatoms. The molecule has 114 valence electrons. The summed E-state index contributed by atoms with van der Waals surface area (Å²) >= 11 is 0. The van der Waals surface area contributed by atoms with Crippen LogP contribution in [0.2, 0.25) is 0 Å². The lowest BCUT2D eigenvalue weighted by Crippen LogP contribution is -2.55. The van der Waals surface area contributed by atoms with E-state index in [1.165, 1.54) is 0 Å². The second kappa shape index (κ2) is 7.64. The van der Waals surface area contributed by atoms with Crippen LogP contribution in [0.25, 0.3) is 0 Å². The van der Waals surface area contributed by atoms with Crippen molar-refractivity contribution >= 4 is 18.3 Å². The first kappa shape index (κ1) is 17.0.